The summed E-state index contributed by atoms with van der Waals surface area (Å²) in [6, 6.07) is 9.33. The topological polar surface area (TPSA) is 32.7 Å². The highest BCUT2D eigenvalue weighted by Crippen LogP contribution is 2.10. The van der Waals surface area contributed by atoms with Crippen LogP contribution in [0.25, 0.3) is 0 Å². The number of hydrazone groups is 1. The van der Waals surface area contributed by atoms with Gasteiger partial charge in [-0.1, -0.05) is 30.3 Å². The van der Waals surface area contributed by atoms with E-state index in [1.807, 2.05) is 35.3 Å². The fraction of sp³-hybridized carbons (Fsp3) is 0.429. The van der Waals surface area contributed by atoms with Gasteiger partial charge in [-0.3, -0.25) is 9.80 Å². The van der Waals surface area contributed by atoms with Crippen molar-refractivity contribution < 1.29 is 4.79 Å². The molecule has 3 nitrogen and oxygen atoms in total. The van der Waals surface area contributed by atoms with Crippen molar-refractivity contribution in [2.45, 2.75) is 26.2 Å². The van der Waals surface area contributed by atoms with Crippen LogP contribution >= 0.6 is 0 Å². The van der Waals surface area contributed by atoms with E-state index < -0.39 is 0 Å². The van der Waals surface area contributed by atoms with Gasteiger partial charge < -0.3 is 0 Å². The monoisotopic (exact) mass is 230 g/mol. The quantitative estimate of drug-likeness (QED) is 0.591. The Hall–Kier alpha value is -1.64. The lowest BCUT2D eigenvalue weighted by Crippen LogP contribution is -2.27. The lowest BCUT2D eigenvalue weighted by Gasteiger charge is -2.24. The zero-order valence-corrected chi connectivity index (χ0v) is 10.2. The number of Topliss-reactive ketones (excluding diaryl/α,β-unsaturated/α-hetero) is 1. The molecule has 0 radical (unpaired) electrons. The van der Waals surface area contributed by atoms with Gasteiger partial charge in [-0.05, 0) is 26.2 Å². The first-order valence-corrected chi connectivity index (χ1v) is 6.17. The van der Waals surface area contributed by atoms with Crippen LogP contribution in [-0.4, -0.2) is 29.6 Å². The molecule has 0 spiro atoms. The summed E-state index contributed by atoms with van der Waals surface area (Å²) in [6.45, 7) is 3.74. The van der Waals surface area contributed by atoms with Gasteiger partial charge in [0, 0.05) is 18.7 Å². The van der Waals surface area contributed by atoms with Crippen LogP contribution < -0.4 is 0 Å². The van der Waals surface area contributed by atoms with Gasteiger partial charge in [-0.25, -0.2) is 0 Å². The van der Waals surface area contributed by atoms with E-state index >= 15 is 0 Å². The third kappa shape index (κ3) is 3.16. The second kappa shape index (κ2) is 5.62. The molecular weight excluding hydrogens is 212 g/mol. The fourth-order valence-corrected chi connectivity index (χ4v) is 2.03. The number of hydrogen-bond donors (Lipinski definition) is 0. The molecule has 1 saturated heterocycles. The van der Waals surface area contributed by atoms with Crippen molar-refractivity contribution in [1.82, 2.24) is 5.01 Å². The average Bonchev–Trinajstić information content (AvgIpc) is 2.40. The third-order valence-corrected chi connectivity index (χ3v) is 2.99. The minimum atomic E-state index is 0.0242. The summed E-state index contributed by atoms with van der Waals surface area (Å²) in [7, 11) is 0. The van der Waals surface area contributed by atoms with Crippen molar-refractivity contribution in [2.24, 2.45) is 5.10 Å². The van der Waals surface area contributed by atoms with Crippen LogP contribution in [0.5, 0.6) is 0 Å². The highest BCUT2D eigenvalue weighted by Gasteiger charge is 2.12. The molecule has 0 amide bonds. The minimum absolute atomic E-state index is 0.0242. The Kier molecular flexibility index (Phi) is 3.91. The number of carbonyl (C=O) groups is 1. The molecule has 0 aliphatic carbocycles. The summed E-state index contributed by atoms with van der Waals surface area (Å²) in [4.78, 5) is 12.1. The van der Waals surface area contributed by atoms with E-state index in [0.717, 1.165) is 13.1 Å². The Morgan fingerprint density at radius 2 is 1.76 bits per heavy atom. The molecule has 1 fully saturated rings. The zero-order chi connectivity index (χ0) is 12.1. The van der Waals surface area contributed by atoms with E-state index in [0.29, 0.717) is 11.3 Å². The Bertz CT molecular complexity index is 405. The molecule has 0 unspecified atom stereocenters. The first kappa shape index (κ1) is 11.8. The molecule has 3 heteroatoms. The van der Waals surface area contributed by atoms with Crippen LogP contribution in [0.2, 0.25) is 0 Å². The van der Waals surface area contributed by atoms with Crippen LogP contribution in [0.3, 0.4) is 0 Å². The summed E-state index contributed by atoms with van der Waals surface area (Å²) >= 11 is 0. The fourth-order valence-electron chi connectivity index (χ4n) is 2.03. The predicted molar refractivity (Wildman–Crippen MR) is 69.3 cm³/mol. The summed E-state index contributed by atoms with van der Waals surface area (Å²) in [5, 5.41) is 6.43. The minimum Gasteiger partial charge on any atom is -0.297 e. The smallest absolute Gasteiger partial charge is 0.208 e. The van der Waals surface area contributed by atoms with Crippen LogP contribution in [0, 0.1) is 0 Å². The van der Waals surface area contributed by atoms with E-state index in [2.05, 4.69) is 5.10 Å². The highest BCUT2D eigenvalue weighted by molar-refractivity contribution is 6.45. The van der Waals surface area contributed by atoms with Gasteiger partial charge in [0.15, 0.2) is 0 Å². The molecule has 1 aliphatic heterocycles. The Labute approximate surface area is 102 Å². The molecule has 0 bridgehead atoms. The maximum absolute atomic E-state index is 12.1. The molecule has 1 aliphatic rings. The van der Waals surface area contributed by atoms with E-state index in [1.165, 1.54) is 19.3 Å². The molecule has 90 valence electrons. The number of benzene rings is 1. The van der Waals surface area contributed by atoms with Crippen molar-refractivity contribution in [3.63, 3.8) is 0 Å². The van der Waals surface area contributed by atoms with E-state index in [1.54, 1.807) is 6.92 Å². The largest absolute Gasteiger partial charge is 0.297 e. The first-order valence-electron chi connectivity index (χ1n) is 6.17. The van der Waals surface area contributed by atoms with Crippen molar-refractivity contribution >= 4 is 11.5 Å². The van der Waals surface area contributed by atoms with Crippen LogP contribution in [0.15, 0.2) is 35.4 Å². The van der Waals surface area contributed by atoms with E-state index in [-0.39, 0.29) is 5.78 Å². The SMILES string of the molecule is CC(=NN1CCCCC1)C(=O)c1ccccc1. The standard InChI is InChI=1S/C14H18N2O/c1-12(15-16-10-6-3-7-11-16)14(17)13-8-4-2-5-9-13/h2,4-5,8-9H,3,6-7,10-11H2,1H3. The lowest BCUT2D eigenvalue weighted by atomic mass is 10.1. The molecule has 0 N–H and O–H groups in total. The summed E-state index contributed by atoms with van der Waals surface area (Å²) in [5.74, 6) is 0.0242. The molecule has 0 aromatic heterocycles. The summed E-state index contributed by atoms with van der Waals surface area (Å²) < 4.78 is 0. The van der Waals surface area contributed by atoms with Crippen LogP contribution in [0.4, 0.5) is 0 Å². The van der Waals surface area contributed by atoms with Crippen molar-refractivity contribution in [3.05, 3.63) is 35.9 Å². The van der Waals surface area contributed by atoms with E-state index in [4.69, 9.17) is 0 Å². The van der Waals surface area contributed by atoms with Gasteiger partial charge in [0.05, 0.1) is 0 Å². The molecule has 1 aromatic carbocycles. The Balaban J connectivity index is 2.06. The normalized spacial score (nSPS) is 17.0. The predicted octanol–water partition coefficient (Wildman–Crippen LogP) is 2.73. The van der Waals surface area contributed by atoms with Gasteiger partial charge in [0.2, 0.25) is 5.78 Å². The van der Waals surface area contributed by atoms with Crippen molar-refractivity contribution in [1.29, 1.82) is 0 Å². The van der Waals surface area contributed by atoms with Crippen molar-refractivity contribution in [2.75, 3.05) is 13.1 Å². The number of hydrogen-bond acceptors (Lipinski definition) is 3. The summed E-state index contributed by atoms with van der Waals surface area (Å²) in [5.41, 5.74) is 1.30. The third-order valence-electron chi connectivity index (χ3n) is 2.99. The Morgan fingerprint density at radius 1 is 1.12 bits per heavy atom. The van der Waals surface area contributed by atoms with Gasteiger partial charge in [-0.15, -0.1) is 0 Å². The molecular formula is C14H18N2O. The molecule has 0 atom stereocenters. The average molecular weight is 230 g/mol. The maximum Gasteiger partial charge on any atom is 0.208 e. The Morgan fingerprint density at radius 3 is 2.41 bits per heavy atom. The van der Waals surface area contributed by atoms with E-state index in [9.17, 15) is 4.79 Å². The van der Waals surface area contributed by atoms with Gasteiger partial charge in [0.25, 0.3) is 0 Å². The maximum atomic E-state index is 12.1. The molecule has 1 aromatic rings. The van der Waals surface area contributed by atoms with Gasteiger partial charge in [-0.2, -0.15) is 5.10 Å². The second-order valence-corrected chi connectivity index (χ2v) is 4.39. The zero-order valence-electron chi connectivity index (χ0n) is 10.2. The number of carbonyl (C=O) groups excluding carboxylic acids is 1. The van der Waals surface area contributed by atoms with Gasteiger partial charge in [0.1, 0.15) is 5.71 Å². The number of ketones is 1. The number of nitrogens with zero attached hydrogens (tertiary/aromatic N) is 2. The second-order valence-electron chi connectivity index (χ2n) is 4.39. The van der Waals surface area contributed by atoms with Gasteiger partial charge >= 0.3 is 0 Å². The van der Waals surface area contributed by atoms with Crippen LogP contribution in [-0.2, 0) is 0 Å². The highest BCUT2D eigenvalue weighted by atomic mass is 16.1. The molecule has 2 rings (SSSR count). The lowest BCUT2D eigenvalue weighted by molar-refractivity contribution is 0.106. The first-order chi connectivity index (χ1) is 8.27. The molecule has 1 heterocycles. The van der Waals surface area contributed by atoms with Crippen molar-refractivity contribution in [3.8, 4) is 0 Å². The molecule has 0 saturated carbocycles. The molecule has 17 heavy (non-hydrogen) atoms. The number of piperidine rings is 1. The van der Waals surface area contributed by atoms with Crippen LogP contribution in [0.1, 0.15) is 36.5 Å². The summed E-state index contributed by atoms with van der Waals surface area (Å²) in [6.07, 6.45) is 3.63. The number of rotatable bonds is 3.